The van der Waals surface area contributed by atoms with Crippen molar-refractivity contribution in [1.82, 2.24) is 10.2 Å². The Morgan fingerprint density at radius 3 is 3.00 bits per heavy atom. The van der Waals surface area contributed by atoms with Crippen molar-refractivity contribution in [2.75, 3.05) is 19.6 Å². The molecule has 0 aliphatic carbocycles. The van der Waals surface area contributed by atoms with Crippen molar-refractivity contribution in [3.05, 3.63) is 0 Å². The van der Waals surface area contributed by atoms with Crippen LogP contribution in [-0.2, 0) is 4.79 Å². The molecule has 3 N–H and O–H groups in total. The van der Waals surface area contributed by atoms with E-state index < -0.39 is 0 Å². The highest BCUT2D eigenvalue weighted by Crippen LogP contribution is 2.06. The number of hydrogen-bond acceptors (Lipinski definition) is 3. The van der Waals surface area contributed by atoms with Gasteiger partial charge >= 0.3 is 0 Å². The second-order valence-corrected chi connectivity index (χ2v) is 3.62. The van der Waals surface area contributed by atoms with Gasteiger partial charge in [-0.1, -0.05) is 19.1 Å². The molecule has 0 aromatic rings. The van der Waals surface area contributed by atoms with Crippen LogP contribution in [0.1, 0.15) is 13.3 Å². The molecule has 1 amide bonds. The van der Waals surface area contributed by atoms with Gasteiger partial charge in [0.05, 0.1) is 17.6 Å². The molecular formula is C8H15N3OS. The number of amides is 1. The zero-order valence-electron chi connectivity index (χ0n) is 7.75. The van der Waals surface area contributed by atoms with E-state index in [0.717, 1.165) is 13.0 Å². The van der Waals surface area contributed by atoms with Crippen LogP contribution in [0, 0.1) is 0 Å². The van der Waals surface area contributed by atoms with E-state index in [0.29, 0.717) is 18.1 Å². The number of hydrogen-bond donors (Lipinski definition) is 2. The highest BCUT2D eigenvalue weighted by atomic mass is 32.1. The Bertz CT molecular complexity index is 219. The largest absolute Gasteiger partial charge is 0.392 e. The first-order valence-corrected chi connectivity index (χ1v) is 4.86. The fourth-order valence-corrected chi connectivity index (χ4v) is 1.88. The maximum Gasteiger partial charge on any atom is 0.234 e. The smallest absolute Gasteiger partial charge is 0.234 e. The second-order valence-electron chi connectivity index (χ2n) is 3.15. The van der Waals surface area contributed by atoms with Crippen molar-refractivity contribution in [2.45, 2.75) is 19.4 Å². The first-order valence-electron chi connectivity index (χ1n) is 4.45. The fraction of sp³-hybridized carbons (Fsp3) is 0.750. The summed E-state index contributed by atoms with van der Waals surface area (Å²) in [6.45, 7) is 3.96. The van der Waals surface area contributed by atoms with E-state index in [1.807, 2.05) is 11.8 Å². The molecular weight excluding hydrogens is 186 g/mol. The Kier molecular flexibility index (Phi) is 3.62. The summed E-state index contributed by atoms with van der Waals surface area (Å²) in [6, 6.07) is 0.0704. The number of carbonyl (C=O) groups is 1. The lowest BCUT2D eigenvalue weighted by molar-refractivity contribution is -0.124. The number of piperazine rings is 1. The lowest BCUT2D eigenvalue weighted by atomic mass is 10.1. The van der Waals surface area contributed by atoms with E-state index in [1.165, 1.54) is 0 Å². The molecule has 1 heterocycles. The van der Waals surface area contributed by atoms with Crippen LogP contribution >= 0.6 is 12.2 Å². The minimum absolute atomic E-state index is 0.0564. The topological polar surface area (TPSA) is 58.4 Å². The lowest BCUT2D eigenvalue weighted by Crippen LogP contribution is -2.54. The second kappa shape index (κ2) is 4.53. The van der Waals surface area contributed by atoms with Crippen LogP contribution in [0.3, 0.4) is 0 Å². The van der Waals surface area contributed by atoms with Crippen LogP contribution in [0.4, 0.5) is 0 Å². The molecule has 1 saturated heterocycles. The Hall–Kier alpha value is -0.680. The molecule has 1 unspecified atom stereocenters. The fourth-order valence-electron chi connectivity index (χ4n) is 1.56. The van der Waals surface area contributed by atoms with E-state index in [2.05, 4.69) is 5.32 Å². The monoisotopic (exact) mass is 201 g/mol. The van der Waals surface area contributed by atoms with Gasteiger partial charge in [-0.15, -0.1) is 0 Å². The van der Waals surface area contributed by atoms with Crippen LogP contribution in [0.5, 0.6) is 0 Å². The van der Waals surface area contributed by atoms with Crippen molar-refractivity contribution in [3.63, 3.8) is 0 Å². The average molecular weight is 201 g/mol. The third-order valence-electron chi connectivity index (χ3n) is 2.22. The zero-order valence-corrected chi connectivity index (χ0v) is 8.56. The minimum atomic E-state index is 0.0564. The Morgan fingerprint density at radius 2 is 2.54 bits per heavy atom. The summed E-state index contributed by atoms with van der Waals surface area (Å²) in [5, 5.41) is 2.77. The molecule has 1 aliphatic rings. The van der Waals surface area contributed by atoms with Gasteiger partial charge in [-0.3, -0.25) is 9.69 Å². The summed E-state index contributed by atoms with van der Waals surface area (Å²) in [5.74, 6) is 0.0564. The molecule has 1 fully saturated rings. The van der Waals surface area contributed by atoms with E-state index in [9.17, 15) is 4.79 Å². The quantitative estimate of drug-likeness (QED) is 0.603. The Balaban J connectivity index is 2.57. The Labute approximate surface area is 83.5 Å². The highest BCUT2D eigenvalue weighted by Gasteiger charge is 2.24. The van der Waals surface area contributed by atoms with E-state index in [1.54, 1.807) is 0 Å². The molecule has 0 bridgehead atoms. The first kappa shape index (κ1) is 10.4. The number of nitrogens with two attached hydrogens (primary N) is 1. The van der Waals surface area contributed by atoms with Crippen LogP contribution in [0.15, 0.2) is 0 Å². The predicted octanol–water partition coefficient (Wildman–Crippen LogP) is -0.517. The van der Waals surface area contributed by atoms with Gasteiger partial charge in [0.15, 0.2) is 0 Å². The van der Waals surface area contributed by atoms with Crippen molar-refractivity contribution < 1.29 is 4.79 Å². The summed E-state index contributed by atoms with van der Waals surface area (Å²) in [6.07, 6.45) is 0.864. The molecule has 4 nitrogen and oxygen atoms in total. The van der Waals surface area contributed by atoms with Gasteiger partial charge < -0.3 is 11.1 Å². The number of carbonyl (C=O) groups excluding carboxylic acids is 1. The molecule has 5 heteroatoms. The molecule has 0 radical (unpaired) electrons. The minimum Gasteiger partial charge on any atom is -0.392 e. The molecule has 1 atom stereocenters. The summed E-state index contributed by atoms with van der Waals surface area (Å²) in [7, 11) is 0. The molecule has 0 spiro atoms. The lowest BCUT2D eigenvalue weighted by Gasteiger charge is -2.32. The third-order valence-corrected chi connectivity index (χ3v) is 2.50. The molecule has 74 valence electrons. The van der Waals surface area contributed by atoms with E-state index >= 15 is 0 Å². The van der Waals surface area contributed by atoms with Crippen LogP contribution in [0.2, 0.25) is 0 Å². The number of nitrogens with one attached hydrogen (secondary N) is 1. The van der Waals surface area contributed by atoms with Crippen LogP contribution in [-0.4, -0.2) is 41.5 Å². The van der Waals surface area contributed by atoms with Gasteiger partial charge in [0, 0.05) is 13.1 Å². The van der Waals surface area contributed by atoms with E-state index in [-0.39, 0.29) is 11.9 Å². The SMILES string of the molecule is CCC(C(N)=S)N1CCNC(=O)C1. The summed E-state index contributed by atoms with van der Waals surface area (Å²) in [4.78, 5) is 13.6. The predicted molar refractivity (Wildman–Crippen MR) is 55.4 cm³/mol. The molecule has 13 heavy (non-hydrogen) atoms. The standard InChI is InChI=1S/C8H15N3OS/c1-2-6(8(9)13)11-4-3-10-7(12)5-11/h6H,2-5H2,1H3,(H2,9,13)(H,10,12). The zero-order chi connectivity index (χ0) is 9.84. The van der Waals surface area contributed by atoms with Gasteiger partial charge in [0.2, 0.25) is 5.91 Å². The molecule has 0 aromatic carbocycles. The normalized spacial score (nSPS) is 20.8. The Morgan fingerprint density at radius 1 is 1.85 bits per heavy atom. The van der Waals surface area contributed by atoms with Crippen LogP contribution in [0.25, 0.3) is 0 Å². The number of nitrogens with zero attached hydrogens (tertiary/aromatic N) is 1. The average Bonchev–Trinajstić information content (AvgIpc) is 2.04. The molecule has 1 aliphatic heterocycles. The van der Waals surface area contributed by atoms with Gasteiger partial charge in [-0.2, -0.15) is 0 Å². The number of rotatable bonds is 3. The molecule has 0 saturated carbocycles. The summed E-state index contributed by atoms with van der Waals surface area (Å²) >= 11 is 4.94. The summed E-state index contributed by atoms with van der Waals surface area (Å²) in [5.41, 5.74) is 5.58. The van der Waals surface area contributed by atoms with Crippen LogP contribution < -0.4 is 11.1 Å². The van der Waals surface area contributed by atoms with Gasteiger partial charge in [-0.05, 0) is 6.42 Å². The van der Waals surface area contributed by atoms with Crippen molar-refractivity contribution in [1.29, 1.82) is 0 Å². The van der Waals surface area contributed by atoms with Crippen molar-refractivity contribution >= 4 is 23.1 Å². The maximum atomic E-state index is 11.1. The molecule has 1 rings (SSSR count). The molecule has 0 aromatic heterocycles. The van der Waals surface area contributed by atoms with Gasteiger partial charge in [0.25, 0.3) is 0 Å². The van der Waals surface area contributed by atoms with Crippen molar-refractivity contribution in [2.24, 2.45) is 5.73 Å². The van der Waals surface area contributed by atoms with E-state index in [4.69, 9.17) is 18.0 Å². The third kappa shape index (κ3) is 2.63. The summed E-state index contributed by atoms with van der Waals surface area (Å²) < 4.78 is 0. The highest BCUT2D eigenvalue weighted by molar-refractivity contribution is 7.80. The van der Waals surface area contributed by atoms with Crippen molar-refractivity contribution in [3.8, 4) is 0 Å². The first-order chi connectivity index (χ1) is 6.15. The van der Waals surface area contributed by atoms with Gasteiger partial charge in [-0.25, -0.2) is 0 Å². The van der Waals surface area contributed by atoms with Gasteiger partial charge in [0.1, 0.15) is 0 Å². The maximum absolute atomic E-state index is 11.1. The number of thiocarbonyl (C=S) groups is 1.